The summed E-state index contributed by atoms with van der Waals surface area (Å²) in [4.78, 5) is 17.2. The van der Waals surface area contributed by atoms with Crippen molar-refractivity contribution < 1.29 is 9.53 Å². The van der Waals surface area contributed by atoms with Gasteiger partial charge in [-0.3, -0.25) is 4.79 Å². The second-order valence-electron chi connectivity index (χ2n) is 8.39. The number of likely N-dealkylation sites (N-methyl/N-ethyl adjacent to an activating group) is 1. The number of anilines is 1. The number of hydrogen-bond donors (Lipinski definition) is 2. The van der Waals surface area contributed by atoms with Gasteiger partial charge in [0.15, 0.2) is 0 Å². The summed E-state index contributed by atoms with van der Waals surface area (Å²) in [6, 6.07) is 14.1. The van der Waals surface area contributed by atoms with Crippen LogP contribution in [0.2, 0.25) is 0 Å². The van der Waals surface area contributed by atoms with Gasteiger partial charge in [0, 0.05) is 49.4 Å². The van der Waals surface area contributed by atoms with Crippen molar-refractivity contribution in [3.8, 4) is 5.75 Å². The average molecular weight is 409 g/mol. The summed E-state index contributed by atoms with van der Waals surface area (Å²) in [5.41, 5.74) is 10.7. The Balaban J connectivity index is 1.59. The Labute approximate surface area is 179 Å². The van der Waals surface area contributed by atoms with Gasteiger partial charge in [-0.15, -0.1) is 0 Å². The van der Waals surface area contributed by atoms with Crippen molar-refractivity contribution in [3.05, 3.63) is 59.2 Å². The van der Waals surface area contributed by atoms with Gasteiger partial charge in [0.2, 0.25) is 0 Å². The maximum absolute atomic E-state index is 13.0. The van der Waals surface area contributed by atoms with Crippen molar-refractivity contribution in [1.82, 2.24) is 9.80 Å². The molecule has 0 radical (unpaired) electrons. The second kappa shape index (κ2) is 8.66. The molecule has 2 aliphatic heterocycles. The molecular weight excluding hydrogens is 376 g/mol. The summed E-state index contributed by atoms with van der Waals surface area (Å²) in [5, 5.41) is 3.68. The first-order chi connectivity index (χ1) is 14.5. The molecule has 0 bridgehead atoms. The van der Waals surface area contributed by atoms with Crippen molar-refractivity contribution >= 4 is 11.6 Å². The molecule has 0 spiro atoms. The Hall–Kier alpha value is -2.57. The fourth-order valence-corrected chi connectivity index (χ4v) is 4.64. The molecule has 30 heavy (non-hydrogen) atoms. The lowest BCUT2D eigenvalue weighted by atomic mass is 9.78. The highest BCUT2D eigenvalue weighted by Gasteiger charge is 2.35. The number of hydrogen-bond acceptors (Lipinski definition) is 5. The first-order valence-corrected chi connectivity index (χ1v) is 10.8. The minimum Gasteiger partial charge on any atom is -0.497 e. The number of rotatable bonds is 4. The molecule has 2 heterocycles. The SMILES string of the molecule is CC[C@H]1C(c2ccc(OC)cc2)Nc2ccc(C(=O)N3CCN(C)CC3)cc2[C@H]1N. The smallest absolute Gasteiger partial charge is 0.253 e. The van der Waals surface area contributed by atoms with Gasteiger partial charge in [-0.25, -0.2) is 0 Å². The maximum atomic E-state index is 13.0. The quantitative estimate of drug-likeness (QED) is 0.813. The Bertz CT molecular complexity index is 891. The fraction of sp³-hybridized carbons (Fsp3) is 0.458. The molecule has 4 rings (SSSR count). The average Bonchev–Trinajstić information content (AvgIpc) is 2.79. The number of carbonyl (C=O) groups is 1. The van der Waals surface area contributed by atoms with E-state index in [1.165, 1.54) is 5.56 Å². The molecule has 2 aromatic carbocycles. The van der Waals surface area contributed by atoms with Gasteiger partial charge < -0.3 is 25.6 Å². The van der Waals surface area contributed by atoms with Gasteiger partial charge in [-0.2, -0.15) is 0 Å². The predicted molar refractivity (Wildman–Crippen MR) is 120 cm³/mol. The van der Waals surface area contributed by atoms with E-state index < -0.39 is 0 Å². The van der Waals surface area contributed by atoms with E-state index in [-0.39, 0.29) is 23.9 Å². The molecule has 1 unspecified atom stereocenters. The predicted octanol–water partition coefficient (Wildman–Crippen LogP) is 3.28. The minimum atomic E-state index is -0.126. The Morgan fingerprint density at radius 3 is 2.47 bits per heavy atom. The zero-order chi connectivity index (χ0) is 21.3. The molecule has 0 saturated carbocycles. The van der Waals surface area contributed by atoms with Gasteiger partial charge >= 0.3 is 0 Å². The lowest BCUT2D eigenvalue weighted by Gasteiger charge is -2.39. The van der Waals surface area contributed by atoms with Crippen LogP contribution in [-0.2, 0) is 0 Å². The summed E-state index contributed by atoms with van der Waals surface area (Å²) in [5.74, 6) is 1.18. The van der Waals surface area contributed by atoms with Crippen LogP contribution in [0.5, 0.6) is 5.75 Å². The van der Waals surface area contributed by atoms with Crippen molar-refractivity contribution in [2.45, 2.75) is 25.4 Å². The first kappa shape index (κ1) is 20.7. The van der Waals surface area contributed by atoms with Gasteiger partial charge in [-0.05, 0) is 54.9 Å². The number of methoxy groups -OCH3 is 1. The fourth-order valence-electron chi connectivity index (χ4n) is 4.64. The normalized spacial score (nSPS) is 24.1. The molecule has 6 heteroatoms. The van der Waals surface area contributed by atoms with Crippen LogP contribution in [0.4, 0.5) is 5.69 Å². The lowest BCUT2D eigenvalue weighted by molar-refractivity contribution is 0.0664. The largest absolute Gasteiger partial charge is 0.497 e. The van der Waals surface area contributed by atoms with Gasteiger partial charge in [0.1, 0.15) is 5.75 Å². The molecule has 1 saturated heterocycles. The van der Waals surface area contributed by atoms with E-state index in [9.17, 15) is 4.79 Å². The zero-order valence-corrected chi connectivity index (χ0v) is 18.1. The van der Waals surface area contributed by atoms with Crippen molar-refractivity contribution in [1.29, 1.82) is 0 Å². The molecule has 2 aromatic rings. The van der Waals surface area contributed by atoms with E-state index in [0.29, 0.717) is 0 Å². The monoisotopic (exact) mass is 408 g/mol. The molecule has 1 amide bonds. The molecule has 1 fully saturated rings. The third-order valence-electron chi connectivity index (χ3n) is 6.59. The van der Waals surface area contributed by atoms with Gasteiger partial charge in [0.25, 0.3) is 5.91 Å². The lowest BCUT2D eigenvalue weighted by Crippen LogP contribution is -2.47. The number of carbonyl (C=O) groups excluding carboxylic acids is 1. The van der Waals surface area contributed by atoms with Crippen molar-refractivity contribution in [2.24, 2.45) is 11.7 Å². The summed E-state index contributed by atoms with van der Waals surface area (Å²) < 4.78 is 5.29. The van der Waals surface area contributed by atoms with Crippen LogP contribution in [0.15, 0.2) is 42.5 Å². The van der Waals surface area contributed by atoms with Crippen LogP contribution in [0.1, 0.15) is 46.9 Å². The Morgan fingerprint density at radius 1 is 1.13 bits per heavy atom. The minimum absolute atomic E-state index is 0.100. The second-order valence-corrected chi connectivity index (χ2v) is 8.39. The van der Waals surface area contributed by atoms with E-state index in [2.05, 4.69) is 36.3 Å². The maximum Gasteiger partial charge on any atom is 0.253 e. The van der Waals surface area contributed by atoms with Crippen molar-refractivity contribution in [3.63, 3.8) is 0 Å². The number of benzene rings is 2. The number of fused-ring (bicyclic) bond motifs is 1. The van der Waals surface area contributed by atoms with E-state index in [1.807, 2.05) is 35.2 Å². The van der Waals surface area contributed by atoms with Crippen LogP contribution in [-0.4, -0.2) is 56.0 Å². The van der Waals surface area contributed by atoms with Crippen LogP contribution in [0.25, 0.3) is 0 Å². The van der Waals surface area contributed by atoms with Gasteiger partial charge in [0.05, 0.1) is 13.2 Å². The number of piperazine rings is 1. The van der Waals surface area contributed by atoms with E-state index in [4.69, 9.17) is 10.5 Å². The highest BCUT2D eigenvalue weighted by Crippen LogP contribution is 2.44. The van der Waals surface area contributed by atoms with E-state index in [1.54, 1.807) is 7.11 Å². The molecule has 160 valence electrons. The Kier molecular flexibility index (Phi) is 5.97. The van der Waals surface area contributed by atoms with Crippen molar-refractivity contribution in [2.75, 3.05) is 45.7 Å². The molecule has 3 N–H and O–H groups in total. The molecule has 0 aliphatic carbocycles. The third kappa shape index (κ3) is 3.89. The van der Waals surface area contributed by atoms with Crippen LogP contribution < -0.4 is 15.8 Å². The summed E-state index contributed by atoms with van der Waals surface area (Å²) in [7, 11) is 3.77. The van der Waals surface area contributed by atoms with Crippen LogP contribution in [0, 0.1) is 5.92 Å². The number of ether oxygens (including phenoxy) is 1. The molecule has 6 nitrogen and oxygen atoms in total. The van der Waals surface area contributed by atoms with Crippen LogP contribution in [0.3, 0.4) is 0 Å². The number of amides is 1. The van der Waals surface area contributed by atoms with E-state index in [0.717, 1.165) is 55.2 Å². The standard InChI is InChI=1S/C24H32N4O2/c1-4-19-22(25)20-15-17(24(29)28-13-11-27(2)12-14-28)7-10-21(20)26-23(19)16-5-8-18(30-3)9-6-16/h5-10,15,19,22-23,26H,4,11-14,25H2,1-3H3/t19-,22+,23?/m1/s1. The molecule has 0 aromatic heterocycles. The summed E-state index contributed by atoms with van der Waals surface area (Å²) >= 11 is 0. The zero-order valence-electron chi connectivity index (χ0n) is 18.1. The third-order valence-corrected chi connectivity index (χ3v) is 6.59. The summed E-state index contributed by atoms with van der Waals surface area (Å²) in [6.45, 7) is 5.55. The topological polar surface area (TPSA) is 70.8 Å². The number of nitrogens with zero attached hydrogens (tertiary/aromatic N) is 2. The Morgan fingerprint density at radius 2 is 1.83 bits per heavy atom. The van der Waals surface area contributed by atoms with E-state index >= 15 is 0 Å². The summed E-state index contributed by atoms with van der Waals surface area (Å²) in [6.07, 6.45) is 0.945. The molecule has 3 atom stereocenters. The number of nitrogens with two attached hydrogens (primary N) is 1. The highest BCUT2D eigenvalue weighted by molar-refractivity contribution is 5.95. The first-order valence-electron chi connectivity index (χ1n) is 10.8. The van der Waals surface area contributed by atoms with Gasteiger partial charge in [-0.1, -0.05) is 19.1 Å². The number of nitrogens with one attached hydrogen (secondary N) is 1. The van der Waals surface area contributed by atoms with Crippen LogP contribution >= 0.6 is 0 Å². The molecule has 2 aliphatic rings. The highest BCUT2D eigenvalue weighted by atomic mass is 16.5. The molecular formula is C24H32N4O2.